The molecule has 2 aromatic heterocycles. The lowest BCUT2D eigenvalue weighted by molar-refractivity contribution is 0.189. The van der Waals surface area contributed by atoms with E-state index in [0.717, 1.165) is 15.1 Å². The van der Waals surface area contributed by atoms with Crippen LogP contribution in [0.5, 0.6) is 0 Å². The summed E-state index contributed by atoms with van der Waals surface area (Å²) in [6.45, 7) is 0. The number of thiazole rings is 1. The first kappa shape index (κ1) is 19.0. The molecule has 0 radical (unpaired) electrons. The van der Waals surface area contributed by atoms with Crippen LogP contribution in [0.25, 0.3) is 10.3 Å². The van der Waals surface area contributed by atoms with Crippen LogP contribution in [0, 0.1) is 11.6 Å². The highest BCUT2D eigenvalue weighted by atomic mass is 79.9. The Morgan fingerprint density at radius 1 is 1.31 bits per heavy atom. The zero-order valence-corrected chi connectivity index (χ0v) is 16.5. The number of carboxylic acid groups (broad SMARTS) is 1. The highest BCUT2D eigenvalue weighted by Gasteiger charge is 2.21. The zero-order chi connectivity index (χ0) is 18.8. The Morgan fingerprint density at radius 2 is 2.00 bits per heavy atom. The molecule has 0 bridgehead atoms. The number of amides is 1. The van der Waals surface area contributed by atoms with Gasteiger partial charge in [0.2, 0.25) is 0 Å². The normalized spacial score (nSPS) is 12.3. The minimum Gasteiger partial charge on any atom is -0.465 e. The topological polar surface area (TPSA) is 75.1 Å². The van der Waals surface area contributed by atoms with Crippen molar-refractivity contribution in [1.82, 2.24) is 15.3 Å². The predicted octanol–water partition coefficient (Wildman–Crippen LogP) is 5.01. The maximum atomic E-state index is 13.5. The maximum Gasteiger partial charge on any atom is 0.405 e. The van der Waals surface area contributed by atoms with Crippen molar-refractivity contribution in [3.63, 3.8) is 0 Å². The molecule has 0 aliphatic heterocycles. The van der Waals surface area contributed by atoms with Crippen LogP contribution in [0.2, 0.25) is 0 Å². The largest absolute Gasteiger partial charge is 0.465 e. The van der Waals surface area contributed by atoms with E-state index in [9.17, 15) is 13.6 Å². The van der Waals surface area contributed by atoms with Crippen LogP contribution in [-0.4, -0.2) is 27.4 Å². The lowest BCUT2D eigenvalue weighted by Gasteiger charge is -2.18. The molecular formula is C16H12BrF2N3O2S2. The van der Waals surface area contributed by atoms with Gasteiger partial charge in [-0.15, -0.1) is 11.3 Å². The third kappa shape index (κ3) is 4.30. The van der Waals surface area contributed by atoms with Crippen molar-refractivity contribution in [2.45, 2.75) is 16.8 Å². The molecule has 5 nitrogen and oxygen atoms in total. The summed E-state index contributed by atoms with van der Waals surface area (Å²) in [5.74, 6) is -1.44. The fourth-order valence-electron chi connectivity index (χ4n) is 2.50. The van der Waals surface area contributed by atoms with Crippen LogP contribution >= 0.6 is 39.0 Å². The summed E-state index contributed by atoms with van der Waals surface area (Å²) < 4.78 is 29.2. The number of benzene rings is 1. The molecule has 2 N–H and O–H groups in total. The van der Waals surface area contributed by atoms with E-state index >= 15 is 0 Å². The number of hydrogen-bond acceptors (Lipinski definition) is 5. The van der Waals surface area contributed by atoms with E-state index in [2.05, 4.69) is 31.2 Å². The number of nitrogens with one attached hydrogen (secondary N) is 1. The molecule has 0 saturated carbocycles. The van der Waals surface area contributed by atoms with Crippen LogP contribution in [0.4, 0.5) is 13.6 Å². The van der Waals surface area contributed by atoms with Gasteiger partial charge in [-0.1, -0.05) is 11.8 Å². The van der Waals surface area contributed by atoms with Crippen molar-refractivity contribution < 1.29 is 18.7 Å². The van der Waals surface area contributed by atoms with Crippen LogP contribution < -0.4 is 5.32 Å². The minimum absolute atomic E-state index is 0.0393. The molecule has 3 aromatic rings. The van der Waals surface area contributed by atoms with Gasteiger partial charge in [0.1, 0.15) is 11.6 Å². The standard InChI is InChI=1S/C16H12BrF2N3O2S2/c1-25-16-22-14-12(26-16)6-10(17)13(21-14)11(20-15(23)24)4-7-2-8(18)5-9(19)3-7/h2-3,5-6,11,20H,4H2,1H3,(H,23,24). The molecule has 1 amide bonds. The number of fused-ring (bicyclic) bond motifs is 1. The fourth-order valence-corrected chi connectivity index (χ4v) is 4.70. The van der Waals surface area contributed by atoms with E-state index in [0.29, 0.717) is 21.4 Å². The Balaban J connectivity index is 2.02. The average molecular weight is 460 g/mol. The lowest BCUT2D eigenvalue weighted by atomic mass is 10.0. The van der Waals surface area contributed by atoms with E-state index in [4.69, 9.17) is 5.11 Å². The van der Waals surface area contributed by atoms with E-state index in [-0.39, 0.29) is 6.42 Å². The first-order valence-electron chi connectivity index (χ1n) is 7.31. The van der Waals surface area contributed by atoms with Crippen molar-refractivity contribution in [2.75, 3.05) is 6.26 Å². The summed E-state index contributed by atoms with van der Waals surface area (Å²) in [6.07, 6.45) is 0.683. The molecule has 0 saturated heterocycles. The van der Waals surface area contributed by atoms with E-state index in [1.807, 2.05) is 12.3 Å². The number of thioether (sulfide) groups is 1. The number of halogens is 3. The molecule has 2 heterocycles. The molecular weight excluding hydrogens is 448 g/mol. The third-order valence-corrected chi connectivity index (χ3v) is 6.12. The van der Waals surface area contributed by atoms with Gasteiger partial charge in [0, 0.05) is 10.5 Å². The van der Waals surface area contributed by atoms with Crippen LogP contribution in [0.1, 0.15) is 17.3 Å². The predicted molar refractivity (Wildman–Crippen MR) is 101 cm³/mol. The second kappa shape index (κ2) is 7.85. The smallest absolute Gasteiger partial charge is 0.405 e. The van der Waals surface area contributed by atoms with Gasteiger partial charge in [-0.2, -0.15) is 0 Å². The minimum atomic E-state index is -1.26. The highest BCUT2D eigenvalue weighted by Crippen LogP contribution is 2.33. The Bertz CT molecular complexity index is 963. The molecule has 1 atom stereocenters. The molecule has 0 aliphatic carbocycles. The van der Waals surface area contributed by atoms with Gasteiger partial charge >= 0.3 is 6.09 Å². The van der Waals surface area contributed by atoms with Crippen molar-refractivity contribution in [1.29, 1.82) is 0 Å². The summed E-state index contributed by atoms with van der Waals surface area (Å²) in [5, 5.41) is 11.5. The zero-order valence-electron chi connectivity index (χ0n) is 13.3. The van der Waals surface area contributed by atoms with Crippen LogP contribution in [-0.2, 0) is 6.42 Å². The Morgan fingerprint density at radius 3 is 2.62 bits per heavy atom. The molecule has 1 unspecified atom stereocenters. The first-order valence-corrected chi connectivity index (χ1v) is 10.1. The van der Waals surface area contributed by atoms with Crippen molar-refractivity contribution in [3.8, 4) is 0 Å². The van der Waals surface area contributed by atoms with Crippen molar-refractivity contribution >= 4 is 55.5 Å². The molecule has 0 aliphatic rings. The van der Waals surface area contributed by atoms with Gasteiger partial charge in [0.25, 0.3) is 0 Å². The molecule has 0 spiro atoms. The van der Waals surface area contributed by atoms with E-state index in [1.54, 1.807) is 0 Å². The van der Waals surface area contributed by atoms with Gasteiger partial charge in [0.15, 0.2) is 9.99 Å². The third-order valence-electron chi connectivity index (χ3n) is 3.51. The van der Waals surface area contributed by atoms with Crippen LogP contribution in [0.15, 0.2) is 33.1 Å². The molecule has 0 fully saturated rings. The number of hydrogen-bond donors (Lipinski definition) is 2. The van der Waals surface area contributed by atoms with Gasteiger partial charge < -0.3 is 10.4 Å². The number of nitrogens with zero attached hydrogens (tertiary/aromatic N) is 2. The fraction of sp³-hybridized carbons (Fsp3) is 0.188. The molecule has 136 valence electrons. The van der Waals surface area contributed by atoms with E-state index in [1.165, 1.54) is 35.2 Å². The number of carbonyl (C=O) groups is 1. The van der Waals surface area contributed by atoms with Crippen molar-refractivity contribution in [2.24, 2.45) is 0 Å². The monoisotopic (exact) mass is 459 g/mol. The maximum absolute atomic E-state index is 13.5. The lowest BCUT2D eigenvalue weighted by Crippen LogP contribution is -2.29. The molecule has 1 aromatic carbocycles. The Kier molecular flexibility index (Phi) is 5.73. The second-order valence-electron chi connectivity index (χ2n) is 5.34. The summed E-state index contributed by atoms with van der Waals surface area (Å²) in [5.41, 5.74) is 1.22. The highest BCUT2D eigenvalue weighted by molar-refractivity contribution is 9.10. The van der Waals surface area contributed by atoms with Gasteiger partial charge in [0.05, 0.1) is 16.4 Å². The molecule has 3 rings (SSSR count). The average Bonchev–Trinajstić information content (AvgIpc) is 2.94. The number of aromatic nitrogens is 2. The summed E-state index contributed by atoms with van der Waals surface area (Å²) >= 11 is 6.38. The number of rotatable bonds is 5. The quantitative estimate of drug-likeness (QED) is 0.524. The first-order chi connectivity index (χ1) is 12.4. The van der Waals surface area contributed by atoms with Gasteiger partial charge in [-0.25, -0.2) is 23.5 Å². The molecule has 10 heteroatoms. The van der Waals surface area contributed by atoms with Gasteiger partial charge in [-0.3, -0.25) is 0 Å². The summed E-state index contributed by atoms with van der Waals surface area (Å²) in [7, 11) is 0. The van der Waals surface area contributed by atoms with Crippen molar-refractivity contribution in [3.05, 3.63) is 51.6 Å². The Labute approximate surface area is 164 Å². The summed E-state index contributed by atoms with van der Waals surface area (Å²) in [6, 6.07) is 4.12. The van der Waals surface area contributed by atoms with Crippen LogP contribution in [0.3, 0.4) is 0 Å². The number of pyridine rings is 1. The molecule has 26 heavy (non-hydrogen) atoms. The van der Waals surface area contributed by atoms with Gasteiger partial charge in [-0.05, 0) is 52.4 Å². The van der Waals surface area contributed by atoms with E-state index < -0.39 is 23.8 Å². The Hall–Kier alpha value is -1.78. The summed E-state index contributed by atoms with van der Waals surface area (Å²) in [4.78, 5) is 20.1. The SMILES string of the molecule is CSc1nc2nc(C(Cc3cc(F)cc(F)c3)NC(=O)O)c(Br)cc2s1. The second-order valence-corrected chi connectivity index (χ2v) is 8.28.